The Morgan fingerprint density at radius 3 is 2.58 bits per heavy atom. The molecule has 0 radical (unpaired) electrons. The predicted molar refractivity (Wildman–Crippen MR) is 116 cm³/mol. The zero-order chi connectivity index (χ0) is 17.4. The maximum Gasteiger partial charge on any atom is 0.0907 e. The second-order valence-corrected chi connectivity index (χ2v) is 8.62. The summed E-state index contributed by atoms with van der Waals surface area (Å²) in [7, 11) is 0. The summed E-state index contributed by atoms with van der Waals surface area (Å²) >= 11 is 1.79. The molecule has 26 heavy (non-hydrogen) atoms. The number of nitrogens with zero attached hydrogens (tertiary/aromatic N) is 3. The van der Waals surface area contributed by atoms with Gasteiger partial charge >= 0.3 is 0 Å². The van der Waals surface area contributed by atoms with Crippen molar-refractivity contribution >= 4 is 35.0 Å². The number of thiazole rings is 1. The van der Waals surface area contributed by atoms with Crippen molar-refractivity contribution in [3.05, 3.63) is 57.9 Å². The van der Waals surface area contributed by atoms with Crippen LogP contribution in [-0.2, 0) is 13.0 Å². The van der Waals surface area contributed by atoms with Crippen molar-refractivity contribution in [1.82, 2.24) is 14.9 Å². The Balaban J connectivity index is 0.00000196. The first kappa shape index (κ1) is 19.3. The second kappa shape index (κ2) is 8.07. The topological polar surface area (TPSA) is 29.0 Å². The molecule has 3 nitrogen and oxygen atoms in total. The summed E-state index contributed by atoms with van der Waals surface area (Å²) < 4.78 is 1.31. The average molecular weight is 386 g/mol. The first-order valence-corrected chi connectivity index (χ1v) is 9.89. The number of benzene rings is 1. The van der Waals surface area contributed by atoms with Gasteiger partial charge in [0.25, 0.3) is 0 Å². The third kappa shape index (κ3) is 4.45. The highest BCUT2D eigenvalue weighted by Gasteiger charge is 2.23. The van der Waals surface area contributed by atoms with Gasteiger partial charge in [-0.1, -0.05) is 6.07 Å². The molecule has 2 aromatic heterocycles. The quantitative estimate of drug-likeness (QED) is 0.646. The maximum absolute atomic E-state index is 4.56. The van der Waals surface area contributed by atoms with Crippen LogP contribution in [0.5, 0.6) is 0 Å². The third-order valence-electron chi connectivity index (χ3n) is 5.00. The molecule has 1 aliphatic rings. The van der Waals surface area contributed by atoms with E-state index in [4.69, 9.17) is 0 Å². The van der Waals surface area contributed by atoms with Gasteiger partial charge in [-0.25, -0.2) is 4.98 Å². The Morgan fingerprint density at radius 1 is 1.04 bits per heavy atom. The molecule has 0 unspecified atom stereocenters. The molecule has 0 bridgehead atoms. The molecule has 0 N–H and O–H groups in total. The number of pyridine rings is 1. The van der Waals surface area contributed by atoms with Gasteiger partial charge in [0.05, 0.1) is 15.2 Å². The minimum atomic E-state index is 0. The number of hydrogen-bond donors (Lipinski definition) is 0. The largest absolute Gasteiger partial charge is 0.299 e. The van der Waals surface area contributed by atoms with Gasteiger partial charge in [-0.2, -0.15) is 13.5 Å². The molecule has 1 atom stereocenters. The Hall–Kier alpha value is -1.43. The van der Waals surface area contributed by atoms with Gasteiger partial charge in [-0.3, -0.25) is 9.88 Å². The van der Waals surface area contributed by atoms with Crippen LogP contribution in [0.15, 0.2) is 30.3 Å². The molecule has 0 amide bonds. The SMILES string of the molecule is Cc1cc(C[C@H]2CCN(Cc3ccc4nc(C)sc4c3)C2)cc(C)n1.S. The van der Waals surface area contributed by atoms with E-state index in [2.05, 4.69) is 66.0 Å². The average Bonchev–Trinajstić information content (AvgIpc) is 3.11. The summed E-state index contributed by atoms with van der Waals surface area (Å²) in [6.07, 6.45) is 2.47. The zero-order valence-corrected chi connectivity index (χ0v) is 17.6. The molecule has 1 aliphatic heterocycles. The van der Waals surface area contributed by atoms with E-state index in [1.807, 2.05) is 0 Å². The summed E-state index contributed by atoms with van der Waals surface area (Å²) in [5.41, 5.74) is 6.26. The van der Waals surface area contributed by atoms with E-state index in [1.165, 1.54) is 41.8 Å². The van der Waals surface area contributed by atoms with E-state index in [9.17, 15) is 0 Å². The lowest BCUT2D eigenvalue weighted by Crippen LogP contribution is -2.20. The molecule has 4 rings (SSSR count). The lowest BCUT2D eigenvalue weighted by Gasteiger charge is -2.16. The minimum absolute atomic E-state index is 0. The fourth-order valence-electron chi connectivity index (χ4n) is 4.04. The Bertz CT molecular complexity index is 883. The normalized spacial score (nSPS) is 17.6. The van der Waals surface area contributed by atoms with E-state index in [0.717, 1.165) is 34.4 Å². The Morgan fingerprint density at radius 2 is 1.81 bits per heavy atom. The molecule has 5 heteroatoms. The molecule has 3 aromatic rings. The van der Waals surface area contributed by atoms with E-state index in [-0.39, 0.29) is 13.5 Å². The van der Waals surface area contributed by atoms with Gasteiger partial charge in [0.15, 0.2) is 0 Å². The predicted octanol–water partition coefficient (Wildman–Crippen LogP) is 4.79. The van der Waals surface area contributed by atoms with Crippen molar-refractivity contribution in [1.29, 1.82) is 0 Å². The number of fused-ring (bicyclic) bond motifs is 1. The summed E-state index contributed by atoms with van der Waals surface area (Å²) in [6.45, 7) is 9.72. The number of aromatic nitrogens is 2. The monoisotopic (exact) mass is 385 g/mol. The van der Waals surface area contributed by atoms with Gasteiger partial charge in [0.2, 0.25) is 0 Å². The minimum Gasteiger partial charge on any atom is -0.299 e. The van der Waals surface area contributed by atoms with Crippen molar-refractivity contribution in [2.45, 2.75) is 40.2 Å². The van der Waals surface area contributed by atoms with Crippen molar-refractivity contribution in [2.24, 2.45) is 5.92 Å². The molecule has 0 saturated carbocycles. The van der Waals surface area contributed by atoms with Crippen molar-refractivity contribution in [3.8, 4) is 0 Å². The van der Waals surface area contributed by atoms with Crippen LogP contribution in [0.25, 0.3) is 10.2 Å². The van der Waals surface area contributed by atoms with Gasteiger partial charge in [-0.15, -0.1) is 11.3 Å². The highest BCUT2D eigenvalue weighted by Crippen LogP contribution is 2.26. The van der Waals surface area contributed by atoms with Crippen LogP contribution in [-0.4, -0.2) is 28.0 Å². The smallest absolute Gasteiger partial charge is 0.0907 e. The van der Waals surface area contributed by atoms with Gasteiger partial charge in [0, 0.05) is 24.5 Å². The number of hydrogen-bond acceptors (Lipinski definition) is 4. The maximum atomic E-state index is 4.56. The third-order valence-corrected chi connectivity index (χ3v) is 5.94. The van der Waals surface area contributed by atoms with Crippen LogP contribution in [0.4, 0.5) is 0 Å². The van der Waals surface area contributed by atoms with Gasteiger partial charge in [-0.05, 0) is 81.5 Å². The Labute approximate surface area is 166 Å². The van der Waals surface area contributed by atoms with Crippen molar-refractivity contribution in [3.63, 3.8) is 0 Å². The molecule has 138 valence electrons. The summed E-state index contributed by atoms with van der Waals surface area (Å²) in [6, 6.07) is 11.2. The first-order valence-electron chi connectivity index (χ1n) is 9.08. The summed E-state index contributed by atoms with van der Waals surface area (Å²) in [4.78, 5) is 11.6. The van der Waals surface area contributed by atoms with Gasteiger partial charge in [0.1, 0.15) is 0 Å². The number of aryl methyl sites for hydroxylation is 3. The standard InChI is InChI=1S/C21H25N3S.H2S/c1-14-8-19(9-15(2)22-14)10-18-6-7-24(13-18)12-17-4-5-20-21(11-17)25-16(3)23-20;/h4-5,8-9,11,18H,6-7,10,12-13H2,1-3H3;1H2/t18-;/m1./s1. The molecule has 0 aliphatic carbocycles. The zero-order valence-electron chi connectivity index (χ0n) is 15.7. The van der Waals surface area contributed by atoms with Crippen LogP contribution in [0, 0.1) is 26.7 Å². The molecular weight excluding hydrogens is 358 g/mol. The molecular formula is C21H27N3S2. The van der Waals surface area contributed by atoms with Crippen LogP contribution >= 0.6 is 24.8 Å². The highest BCUT2D eigenvalue weighted by atomic mass is 32.1. The van der Waals surface area contributed by atoms with Crippen LogP contribution in [0.3, 0.4) is 0 Å². The first-order chi connectivity index (χ1) is 12.0. The van der Waals surface area contributed by atoms with Crippen molar-refractivity contribution in [2.75, 3.05) is 13.1 Å². The lowest BCUT2D eigenvalue weighted by atomic mass is 9.98. The summed E-state index contributed by atoms with van der Waals surface area (Å²) in [5, 5.41) is 1.15. The fraction of sp³-hybridized carbons (Fsp3) is 0.429. The van der Waals surface area contributed by atoms with Crippen LogP contribution in [0.2, 0.25) is 0 Å². The Kier molecular flexibility index (Phi) is 6.00. The van der Waals surface area contributed by atoms with E-state index < -0.39 is 0 Å². The second-order valence-electron chi connectivity index (χ2n) is 7.39. The van der Waals surface area contributed by atoms with Crippen molar-refractivity contribution < 1.29 is 0 Å². The van der Waals surface area contributed by atoms with E-state index in [1.54, 1.807) is 11.3 Å². The van der Waals surface area contributed by atoms with Crippen LogP contribution < -0.4 is 0 Å². The highest BCUT2D eigenvalue weighted by molar-refractivity contribution is 7.59. The lowest BCUT2D eigenvalue weighted by molar-refractivity contribution is 0.316. The molecule has 1 saturated heterocycles. The molecule has 0 spiro atoms. The van der Waals surface area contributed by atoms with E-state index >= 15 is 0 Å². The van der Waals surface area contributed by atoms with Crippen LogP contribution in [0.1, 0.15) is 33.9 Å². The molecule has 3 heterocycles. The molecule has 1 aromatic carbocycles. The number of likely N-dealkylation sites (tertiary alicyclic amines) is 1. The molecule has 1 fully saturated rings. The fourth-order valence-corrected chi connectivity index (χ4v) is 4.93. The van der Waals surface area contributed by atoms with Gasteiger partial charge < -0.3 is 0 Å². The summed E-state index contributed by atoms with van der Waals surface area (Å²) in [5.74, 6) is 0.760. The number of rotatable bonds is 4. The van der Waals surface area contributed by atoms with E-state index in [0.29, 0.717) is 0 Å².